The molecule has 3 aliphatic rings. The molecule has 0 bridgehead atoms. The average molecular weight is 419 g/mol. The van der Waals surface area contributed by atoms with Crippen molar-refractivity contribution in [2.24, 2.45) is 29.1 Å². The van der Waals surface area contributed by atoms with E-state index in [1.165, 1.54) is 5.57 Å². The Morgan fingerprint density at radius 3 is 2.67 bits per heavy atom. The van der Waals surface area contributed by atoms with E-state index in [9.17, 15) is 14.7 Å². The van der Waals surface area contributed by atoms with Crippen LogP contribution in [-0.2, 0) is 19.1 Å². The molecule has 1 saturated heterocycles. The van der Waals surface area contributed by atoms with Gasteiger partial charge < -0.3 is 14.6 Å². The molecule has 168 valence electrons. The number of aliphatic hydroxyl groups is 1. The summed E-state index contributed by atoms with van der Waals surface area (Å²) in [5.41, 5.74) is 0.785. The third kappa shape index (κ3) is 5.16. The molecule has 0 spiro atoms. The summed E-state index contributed by atoms with van der Waals surface area (Å²) in [7, 11) is 0. The van der Waals surface area contributed by atoms with Crippen molar-refractivity contribution in [2.45, 2.75) is 91.5 Å². The number of rotatable bonds is 6. The fourth-order valence-electron chi connectivity index (χ4n) is 5.08. The van der Waals surface area contributed by atoms with Gasteiger partial charge in [-0.05, 0) is 62.9 Å². The highest BCUT2D eigenvalue weighted by atomic mass is 16.6. The number of cyclic esters (lactones) is 1. The van der Waals surface area contributed by atoms with Gasteiger partial charge >= 0.3 is 11.9 Å². The van der Waals surface area contributed by atoms with Gasteiger partial charge in [0.05, 0.1) is 17.9 Å². The van der Waals surface area contributed by atoms with Crippen molar-refractivity contribution in [1.82, 2.24) is 0 Å². The number of aliphatic hydroxyl groups excluding tert-OH is 1. The molecule has 1 fully saturated rings. The number of ether oxygens (including phenoxy) is 2. The summed E-state index contributed by atoms with van der Waals surface area (Å²) in [4.78, 5) is 24.6. The van der Waals surface area contributed by atoms with E-state index in [1.54, 1.807) is 0 Å². The van der Waals surface area contributed by atoms with Gasteiger partial charge in [0.1, 0.15) is 12.2 Å². The van der Waals surface area contributed by atoms with Crippen molar-refractivity contribution in [3.8, 4) is 0 Å². The quantitative estimate of drug-likeness (QED) is 0.639. The fraction of sp³-hybridized carbons (Fsp3) is 0.760. The Hall–Kier alpha value is -1.62. The second-order valence-electron chi connectivity index (χ2n) is 10.3. The first-order valence-electron chi connectivity index (χ1n) is 11.6. The monoisotopic (exact) mass is 418 g/mol. The van der Waals surface area contributed by atoms with E-state index >= 15 is 0 Å². The molecular formula is C25H38O5. The zero-order valence-corrected chi connectivity index (χ0v) is 19.1. The molecule has 7 atom stereocenters. The molecule has 4 unspecified atom stereocenters. The smallest absolute Gasteiger partial charge is 0.311 e. The predicted octanol–water partition coefficient (Wildman–Crippen LogP) is 4.59. The zero-order valence-electron chi connectivity index (χ0n) is 19.1. The average Bonchev–Trinajstić information content (AvgIpc) is 2.66. The molecule has 0 aromatic rings. The molecule has 0 saturated carbocycles. The van der Waals surface area contributed by atoms with E-state index in [0.29, 0.717) is 24.2 Å². The molecule has 0 amide bonds. The van der Waals surface area contributed by atoms with Crippen LogP contribution in [0, 0.1) is 29.1 Å². The fourth-order valence-corrected chi connectivity index (χ4v) is 5.08. The van der Waals surface area contributed by atoms with Gasteiger partial charge in [-0.25, -0.2) is 0 Å². The van der Waals surface area contributed by atoms with Crippen LogP contribution in [0.2, 0.25) is 0 Å². The zero-order chi connectivity index (χ0) is 22.1. The highest BCUT2D eigenvalue weighted by Crippen LogP contribution is 2.45. The van der Waals surface area contributed by atoms with Gasteiger partial charge in [-0.3, -0.25) is 9.59 Å². The molecule has 5 nitrogen and oxygen atoms in total. The first-order chi connectivity index (χ1) is 14.1. The standard InChI is InChI=1S/C25H38O5/c1-6-25(4,5)24(28)30-21-12-15(2)11-17-8-7-16(3)20(23(17)21)10-9-19-13-18(26)14-22(27)29-19/h7-8,11,15-16,18-21,23,26H,6,9-10,12-14H2,1-5H3/t15-,16-,18?,19?,20?,21-,23?/m0/s1. The molecule has 0 aromatic heterocycles. The summed E-state index contributed by atoms with van der Waals surface area (Å²) in [6.07, 6.45) is 9.61. The van der Waals surface area contributed by atoms with Crippen LogP contribution < -0.4 is 0 Å². The van der Waals surface area contributed by atoms with E-state index in [0.717, 1.165) is 25.7 Å². The normalized spacial score (nSPS) is 36.5. The SMILES string of the molecule is CCC(C)(C)C(=O)O[C@H]1C[C@@H](C)C=C2C=C[C@H](C)C(CCC3CC(O)CC(=O)O3)C21. The number of allylic oxidation sites excluding steroid dienone is 3. The van der Waals surface area contributed by atoms with Gasteiger partial charge in [0.25, 0.3) is 0 Å². The van der Waals surface area contributed by atoms with E-state index in [-0.39, 0.29) is 36.5 Å². The van der Waals surface area contributed by atoms with Crippen molar-refractivity contribution in [2.75, 3.05) is 0 Å². The van der Waals surface area contributed by atoms with Crippen LogP contribution in [0.1, 0.15) is 73.1 Å². The Kier molecular flexibility index (Phi) is 7.11. The Balaban J connectivity index is 1.76. The molecule has 2 aliphatic carbocycles. The maximum atomic E-state index is 12.9. The first kappa shape index (κ1) is 23.1. The van der Waals surface area contributed by atoms with Gasteiger partial charge in [0.15, 0.2) is 0 Å². The van der Waals surface area contributed by atoms with Crippen LogP contribution >= 0.6 is 0 Å². The lowest BCUT2D eigenvalue weighted by Gasteiger charge is -2.44. The van der Waals surface area contributed by atoms with Gasteiger partial charge in [-0.2, -0.15) is 0 Å². The van der Waals surface area contributed by atoms with Gasteiger partial charge in [-0.15, -0.1) is 0 Å². The molecule has 5 heteroatoms. The van der Waals surface area contributed by atoms with Crippen molar-refractivity contribution < 1.29 is 24.2 Å². The minimum absolute atomic E-state index is 0.0949. The minimum Gasteiger partial charge on any atom is -0.462 e. The van der Waals surface area contributed by atoms with Crippen molar-refractivity contribution in [3.05, 3.63) is 23.8 Å². The number of hydrogen-bond donors (Lipinski definition) is 1. The van der Waals surface area contributed by atoms with Crippen molar-refractivity contribution in [3.63, 3.8) is 0 Å². The molecule has 0 aromatic carbocycles. The molecule has 1 aliphatic heterocycles. The number of carbonyl (C=O) groups is 2. The highest BCUT2D eigenvalue weighted by molar-refractivity contribution is 5.76. The van der Waals surface area contributed by atoms with Crippen LogP contribution in [0.4, 0.5) is 0 Å². The summed E-state index contributed by atoms with van der Waals surface area (Å²) in [5, 5.41) is 9.92. The van der Waals surface area contributed by atoms with E-state index in [1.807, 2.05) is 20.8 Å². The third-order valence-electron chi connectivity index (χ3n) is 7.35. The largest absolute Gasteiger partial charge is 0.462 e. The Labute approximate surface area is 180 Å². The van der Waals surface area contributed by atoms with Crippen LogP contribution in [0.3, 0.4) is 0 Å². The second-order valence-corrected chi connectivity index (χ2v) is 10.3. The van der Waals surface area contributed by atoms with Crippen molar-refractivity contribution >= 4 is 11.9 Å². The van der Waals surface area contributed by atoms with Gasteiger partial charge in [0, 0.05) is 12.3 Å². The Morgan fingerprint density at radius 2 is 2.00 bits per heavy atom. The second kappa shape index (κ2) is 9.25. The van der Waals surface area contributed by atoms with Crippen LogP contribution in [0.25, 0.3) is 0 Å². The third-order valence-corrected chi connectivity index (χ3v) is 7.35. The molecule has 1 heterocycles. The number of hydrogen-bond acceptors (Lipinski definition) is 5. The lowest BCUT2D eigenvalue weighted by Crippen LogP contribution is -2.43. The number of fused-ring (bicyclic) bond motifs is 1. The molecule has 30 heavy (non-hydrogen) atoms. The molecule has 0 radical (unpaired) electrons. The Morgan fingerprint density at radius 1 is 1.27 bits per heavy atom. The van der Waals surface area contributed by atoms with E-state index < -0.39 is 11.5 Å². The van der Waals surface area contributed by atoms with Crippen LogP contribution in [0.5, 0.6) is 0 Å². The number of carbonyl (C=O) groups excluding carboxylic acids is 2. The topological polar surface area (TPSA) is 72.8 Å². The van der Waals surface area contributed by atoms with E-state index in [2.05, 4.69) is 32.1 Å². The van der Waals surface area contributed by atoms with E-state index in [4.69, 9.17) is 9.47 Å². The summed E-state index contributed by atoms with van der Waals surface area (Å²) < 4.78 is 11.6. The maximum Gasteiger partial charge on any atom is 0.311 e. The Bertz CT molecular complexity index is 706. The lowest BCUT2D eigenvalue weighted by molar-refractivity contribution is -0.166. The molecular weight excluding hydrogens is 380 g/mol. The van der Waals surface area contributed by atoms with Gasteiger partial charge in [-0.1, -0.05) is 39.0 Å². The van der Waals surface area contributed by atoms with Crippen LogP contribution in [-0.4, -0.2) is 35.4 Å². The molecule has 3 rings (SSSR count). The van der Waals surface area contributed by atoms with Crippen molar-refractivity contribution in [1.29, 1.82) is 0 Å². The number of esters is 2. The summed E-state index contributed by atoms with van der Waals surface area (Å²) >= 11 is 0. The lowest BCUT2D eigenvalue weighted by atomic mass is 9.65. The predicted molar refractivity (Wildman–Crippen MR) is 115 cm³/mol. The summed E-state index contributed by atoms with van der Waals surface area (Å²) in [6.45, 7) is 10.3. The summed E-state index contributed by atoms with van der Waals surface area (Å²) in [6, 6.07) is 0. The summed E-state index contributed by atoms with van der Waals surface area (Å²) in [5.74, 6) is 0.776. The van der Waals surface area contributed by atoms with Crippen LogP contribution in [0.15, 0.2) is 23.8 Å². The molecule has 1 N–H and O–H groups in total. The maximum absolute atomic E-state index is 12.9. The minimum atomic E-state index is -0.601. The van der Waals surface area contributed by atoms with Gasteiger partial charge in [0.2, 0.25) is 0 Å². The first-order valence-corrected chi connectivity index (χ1v) is 11.6. The highest BCUT2D eigenvalue weighted by Gasteiger charge is 2.43.